The van der Waals surface area contributed by atoms with Gasteiger partial charge in [0, 0.05) is 19.3 Å². The Balaban J connectivity index is 4.62. The van der Waals surface area contributed by atoms with Crippen molar-refractivity contribution in [2.75, 3.05) is 13.2 Å². The van der Waals surface area contributed by atoms with E-state index < -0.39 is 6.10 Å². The molecule has 1 atom stereocenters. The maximum absolute atomic E-state index is 12.7. The van der Waals surface area contributed by atoms with E-state index in [0.717, 1.165) is 89.9 Å². The molecule has 6 heteroatoms. The van der Waals surface area contributed by atoms with Crippen LogP contribution >= 0.6 is 0 Å². The first-order valence-electron chi connectivity index (χ1n) is 23.3. The third kappa shape index (κ3) is 44.6. The van der Waals surface area contributed by atoms with Crippen LogP contribution in [0.2, 0.25) is 0 Å². The van der Waals surface area contributed by atoms with Crippen LogP contribution in [0.1, 0.15) is 168 Å². The van der Waals surface area contributed by atoms with Crippen molar-refractivity contribution in [1.82, 2.24) is 0 Å². The van der Waals surface area contributed by atoms with Gasteiger partial charge in [0.05, 0.1) is 0 Å². The molecule has 6 nitrogen and oxygen atoms in total. The summed E-state index contributed by atoms with van der Waals surface area (Å²) in [5.41, 5.74) is 0. The second kappa shape index (κ2) is 47.2. The number of carbonyl (C=O) groups excluding carboxylic acids is 3. The largest absolute Gasteiger partial charge is 0.462 e. The maximum Gasteiger partial charge on any atom is 0.306 e. The van der Waals surface area contributed by atoms with Crippen molar-refractivity contribution in [3.63, 3.8) is 0 Å². The van der Waals surface area contributed by atoms with Gasteiger partial charge in [0.15, 0.2) is 6.10 Å². The van der Waals surface area contributed by atoms with Crippen LogP contribution in [-0.4, -0.2) is 37.2 Å². The number of hydrogen-bond donors (Lipinski definition) is 0. The van der Waals surface area contributed by atoms with Crippen molar-refractivity contribution in [1.29, 1.82) is 0 Å². The third-order valence-electron chi connectivity index (χ3n) is 9.01. The fourth-order valence-corrected chi connectivity index (χ4v) is 5.55. The van der Waals surface area contributed by atoms with Crippen molar-refractivity contribution in [2.45, 2.75) is 175 Å². The average molecular weight is 827 g/mol. The van der Waals surface area contributed by atoms with Gasteiger partial charge in [-0.05, 0) is 89.9 Å². The van der Waals surface area contributed by atoms with E-state index in [4.69, 9.17) is 14.2 Å². The van der Waals surface area contributed by atoms with Crippen LogP contribution in [0.4, 0.5) is 0 Å². The van der Waals surface area contributed by atoms with Gasteiger partial charge >= 0.3 is 17.9 Å². The maximum atomic E-state index is 12.7. The summed E-state index contributed by atoms with van der Waals surface area (Å²) in [6.07, 6.45) is 65.9. The summed E-state index contributed by atoms with van der Waals surface area (Å²) in [5.74, 6) is -1.08. The number of ether oxygens (including phenoxy) is 3. The Hall–Kier alpha value is -4.45. The van der Waals surface area contributed by atoms with Gasteiger partial charge in [-0.15, -0.1) is 0 Å². The minimum Gasteiger partial charge on any atom is -0.462 e. The van der Waals surface area contributed by atoms with E-state index in [-0.39, 0.29) is 44.0 Å². The molecule has 0 aromatic carbocycles. The molecular weight excluding hydrogens is 745 g/mol. The number of esters is 3. The highest BCUT2D eigenvalue weighted by molar-refractivity contribution is 5.71. The van der Waals surface area contributed by atoms with Crippen LogP contribution in [0.3, 0.4) is 0 Å². The van der Waals surface area contributed by atoms with Crippen LogP contribution in [-0.2, 0) is 28.6 Å². The molecule has 0 aliphatic carbocycles. The van der Waals surface area contributed by atoms with Crippen LogP contribution in [0.25, 0.3) is 0 Å². The van der Waals surface area contributed by atoms with Crippen molar-refractivity contribution < 1.29 is 28.6 Å². The van der Waals surface area contributed by atoms with Crippen LogP contribution in [0.15, 0.2) is 134 Å². The SMILES string of the molecule is CC\C=C/C=C\C=C/C=C\C=C/CCCCCC(=O)OC(COC(=O)CC/C=C\C/C=C\C/C=C\C/C=C\C/C=C\CC)COC(=O)CCCCCCC/C=C\CCCC. The van der Waals surface area contributed by atoms with Gasteiger partial charge in [-0.1, -0.05) is 193 Å². The molecule has 0 saturated heterocycles. The van der Waals surface area contributed by atoms with E-state index in [2.05, 4.69) is 93.7 Å². The molecule has 0 aliphatic rings. The van der Waals surface area contributed by atoms with Crippen LogP contribution in [0, 0.1) is 0 Å². The zero-order chi connectivity index (χ0) is 43.7. The van der Waals surface area contributed by atoms with E-state index in [9.17, 15) is 14.4 Å². The van der Waals surface area contributed by atoms with Gasteiger partial charge in [0.1, 0.15) is 13.2 Å². The number of carbonyl (C=O) groups is 3. The Labute approximate surface area is 366 Å². The molecule has 0 fully saturated rings. The average Bonchev–Trinajstić information content (AvgIpc) is 3.24. The van der Waals surface area contributed by atoms with E-state index >= 15 is 0 Å². The highest BCUT2D eigenvalue weighted by Gasteiger charge is 2.19. The first-order valence-corrected chi connectivity index (χ1v) is 23.3. The normalized spacial score (nSPS) is 13.3. The minimum atomic E-state index is -0.837. The summed E-state index contributed by atoms with van der Waals surface area (Å²) in [6, 6.07) is 0. The zero-order valence-corrected chi connectivity index (χ0v) is 37.9. The first kappa shape index (κ1) is 55.6. The standard InChI is InChI=1S/C54H82O6/c1-4-7-10-13-16-19-22-24-26-28-29-32-35-38-41-44-47-53(56)59-50-51(49-58-52(55)46-43-40-37-34-31-21-18-15-12-9-6-3)60-54(57)48-45-42-39-36-33-30-27-25-23-20-17-14-11-8-5-2/h7-8,10-11,14-20,23-27,29-30,32-33,38,41,51H,4-6,9,12-13,21-22,28,31,34-37,39-40,42-50H2,1-3H3/b10-7-,11-8-,17-14-,18-15-,19-16-,23-20-,26-24-,27-25-,32-29-,33-30-,41-38-. The summed E-state index contributed by atoms with van der Waals surface area (Å²) >= 11 is 0. The van der Waals surface area contributed by atoms with E-state index in [1.807, 2.05) is 60.8 Å². The minimum absolute atomic E-state index is 0.128. The monoisotopic (exact) mass is 827 g/mol. The molecular formula is C54H82O6. The summed E-state index contributed by atoms with van der Waals surface area (Å²) in [6.45, 7) is 6.19. The highest BCUT2D eigenvalue weighted by atomic mass is 16.6. The first-order chi connectivity index (χ1) is 29.5. The molecule has 0 bridgehead atoms. The van der Waals surface area contributed by atoms with Crippen molar-refractivity contribution in [3.05, 3.63) is 134 Å². The zero-order valence-electron chi connectivity index (χ0n) is 37.9. The Kier molecular flexibility index (Phi) is 43.7. The quantitative estimate of drug-likeness (QED) is 0.0202. The van der Waals surface area contributed by atoms with Gasteiger partial charge in [0.25, 0.3) is 0 Å². The Morgan fingerprint density at radius 3 is 1.33 bits per heavy atom. The van der Waals surface area contributed by atoms with Crippen molar-refractivity contribution in [2.24, 2.45) is 0 Å². The predicted octanol–water partition coefficient (Wildman–Crippen LogP) is 15.1. The Morgan fingerprint density at radius 2 is 0.767 bits per heavy atom. The molecule has 0 saturated carbocycles. The lowest BCUT2D eigenvalue weighted by atomic mass is 10.1. The molecule has 0 spiro atoms. The molecule has 0 aromatic rings. The molecule has 0 heterocycles. The molecule has 0 rings (SSSR count). The second-order valence-corrected chi connectivity index (χ2v) is 14.7. The van der Waals surface area contributed by atoms with Gasteiger partial charge in [-0.3, -0.25) is 14.4 Å². The summed E-state index contributed by atoms with van der Waals surface area (Å²) in [7, 11) is 0. The third-order valence-corrected chi connectivity index (χ3v) is 9.01. The number of allylic oxidation sites excluding steroid dienone is 22. The lowest BCUT2D eigenvalue weighted by molar-refractivity contribution is -0.166. The molecule has 0 aromatic heterocycles. The van der Waals surface area contributed by atoms with E-state index in [1.54, 1.807) is 0 Å². The smallest absolute Gasteiger partial charge is 0.306 e. The van der Waals surface area contributed by atoms with Gasteiger partial charge in [0.2, 0.25) is 0 Å². The fraction of sp³-hybridized carbons (Fsp3) is 0.537. The van der Waals surface area contributed by atoms with E-state index in [0.29, 0.717) is 19.3 Å². The van der Waals surface area contributed by atoms with Gasteiger partial charge < -0.3 is 14.2 Å². The molecule has 0 N–H and O–H groups in total. The van der Waals surface area contributed by atoms with Gasteiger partial charge in [-0.25, -0.2) is 0 Å². The number of hydrogen-bond acceptors (Lipinski definition) is 6. The highest BCUT2D eigenvalue weighted by Crippen LogP contribution is 2.11. The topological polar surface area (TPSA) is 78.9 Å². The predicted molar refractivity (Wildman–Crippen MR) is 256 cm³/mol. The summed E-state index contributed by atoms with van der Waals surface area (Å²) in [4.78, 5) is 37.8. The Bertz CT molecular complexity index is 1370. The van der Waals surface area contributed by atoms with Crippen molar-refractivity contribution in [3.8, 4) is 0 Å². The van der Waals surface area contributed by atoms with Crippen LogP contribution in [0.5, 0.6) is 0 Å². The van der Waals surface area contributed by atoms with Crippen LogP contribution < -0.4 is 0 Å². The molecule has 0 amide bonds. The lowest BCUT2D eigenvalue weighted by Gasteiger charge is -2.18. The Morgan fingerprint density at radius 1 is 0.367 bits per heavy atom. The number of rotatable bonds is 39. The molecule has 0 radical (unpaired) electrons. The summed E-state index contributed by atoms with van der Waals surface area (Å²) < 4.78 is 16.6. The number of unbranched alkanes of at least 4 members (excludes halogenated alkanes) is 10. The van der Waals surface area contributed by atoms with Crippen molar-refractivity contribution >= 4 is 17.9 Å². The molecule has 0 aliphatic heterocycles. The molecule has 60 heavy (non-hydrogen) atoms. The second-order valence-electron chi connectivity index (χ2n) is 14.7. The van der Waals surface area contributed by atoms with E-state index in [1.165, 1.54) is 25.7 Å². The summed E-state index contributed by atoms with van der Waals surface area (Å²) in [5, 5.41) is 0. The lowest BCUT2D eigenvalue weighted by Crippen LogP contribution is -2.30. The fourth-order valence-electron chi connectivity index (χ4n) is 5.55. The molecule has 334 valence electrons. The van der Waals surface area contributed by atoms with Gasteiger partial charge in [-0.2, -0.15) is 0 Å². The molecule has 1 unspecified atom stereocenters.